The van der Waals surface area contributed by atoms with Crippen LogP contribution in [0.15, 0.2) is 21.9 Å². The van der Waals surface area contributed by atoms with Gasteiger partial charge in [-0.05, 0) is 18.5 Å². The summed E-state index contributed by atoms with van der Waals surface area (Å²) >= 11 is 1.69. The number of anilines is 1. The van der Waals surface area contributed by atoms with Gasteiger partial charge in [0.25, 0.3) is 0 Å². The van der Waals surface area contributed by atoms with Gasteiger partial charge in [0.15, 0.2) is 0 Å². The molecule has 5 nitrogen and oxygen atoms in total. The van der Waals surface area contributed by atoms with E-state index in [1.54, 1.807) is 11.3 Å². The molecule has 2 aromatic rings. The molecule has 2 N–H and O–H groups in total. The number of nitrogens with one attached hydrogen (secondary N) is 2. The number of nitrogens with zero attached hydrogens (tertiary/aromatic N) is 2. The Kier molecular flexibility index (Phi) is 3.31. The average molecular weight is 224 g/mol. The minimum Gasteiger partial charge on any atom is -0.407 e. The molecule has 0 aromatic carbocycles. The average Bonchev–Trinajstić information content (AvgIpc) is 2.85. The van der Waals surface area contributed by atoms with Crippen molar-refractivity contribution in [3.63, 3.8) is 0 Å². The second-order valence-electron chi connectivity index (χ2n) is 2.96. The Morgan fingerprint density at radius 3 is 3.07 bits per heavy atom. The molecule has 0 fully saturated rings. The van der Waals surface area contributed by atoms with Crippen molar-refractivity contribution in [1.82, 2.24) is 15.5 Å². The summed E-state index contributed by atoms with van der Waals surface area (Å²) in [6.07, 6.45) is 0. The maximum atomic E-state index is 5.33. The Morgan fingerprint density at radius 1 is 1.40 bits per heavy atom. The molecule has 0 amide bonds. The smallest absolute Gasteiger partial charge is 0.315 e. The Labute approximate surface area is 91.5 Å². The molecular weight excluding hydrogens is 212 g/mol. The van der Waals surface area contributed by atoms with Crippen LogP contribution in [0.5, 0.6) is 0 Å². The first-order chi connectivity index (χ1) is 7.38. The fourth-order valence-corrected chi connectivity index (χ4v) is 1.77. The molecule has 0 bridgehead atoms. The normalized spacial score (nSPS) is 10.5. The molecule has 6 heteroatoms. The van der Waals surface area contributed by atoms with Crippen LogP contribution in [-0.4, -0.2) is 17.2 Å². The van der Waals surface area contributed by atoms with Gasteiger partial charge in [0.2, 0.25) is 5.89 Å². The van der Waals surface area contributed by atoms with Gasteiger partial charge in [-0.1, -0.05) is 11.2 Å². The lowest BCUT2D eigenvalue weighted by atomic mass is 10.5. The van der Waals surface area contributed by atoms with E-state index in [9.17, 15) is 0 Å². The van der Waals surface area contributed by atoms with Gasteiger partial charge in [0.05, 0.1) is 13.1 Å². The Hall–Kier alpha value is -1.40. The van der Waals surface area contributed by atoms with Gasteiger partial charge in [0, 0.05) is 4.88 Å². The zero-order valence-electron chi connectivity index (χ0n) is 8.36. The fraction of sp³-hybridized carbons (Fsp3) is 0.333. The lowest BCUT2D eigenvalue weighted by Gasteiger charge is -1.96. The maximum absolute atomic E-state index is 5.33. The van der Waals surface area contributed by atoms with Crippen LogP contribution in [0, 0.1) is 0 Å². The molecule has 80 valence electrons. The highest BCUT2D eigenvalue weighted by Gasteiger charge is 2.04. The second-order valence-corrected chi connectivity index (χ2v) is 4.00. The van der Waals surface area contributed by atoms with E-state index in [1.807, 2.05) is 18.5 Å². The highest BCUT2D eigenvalue weighted by Crippen LogP contribution is 2.11. The monoisotopic (exact) mass is 224 g/mol. The third kappa shape index (κ3) is 2.77. The van der Waals surface area contributed by atoms with Crippen LogP contribution < -0.4 is 10.6 Å². The minimum atomic E-state index is 0.466. The van der Waals surface area contributed by atoms with Gasteiger partial charge >= 0.3 is 6.01 Å². The van der Waals surface area contributed by atoms with Crippen LogP contribution >= 0.6 is 11.3 Å². The van der Waals surface area contributed by atoms with Crippen molar-refractivity contribution >= 4 is 17.4 Å². The summed E-state index contributed by atoms with van der Waals surface area (Å²) in [4.78, 5) is 1.24. The Bertz CT molecular complexity index is 398. The number of hydrogen-bond acceptors (Lipinski definition) is 6. The summed E-state index contributed by atoms with van der Waals surface area (Å²) in [5.41, 5.74) is 0. The van der Waals surface area contributed by atoms with E-state index in [2.05, 4.69) is 26.9 Å². The summed E-state index contributed by atoms with van der Waals surface area (Å²) < 4.78 is 5.33. The van der Waals surface area contributed by atoms with E-state index in [4.69, 9.17) is 4.42 Å². The Balaban J connectivity index is 1.88. The van der Waals surface area contributed by atoms with Crippen molar-refractivity contribution in [1.29, 1.82) is 0 Å². The molecule has 0 aliphatic heterocycles. The van der Waals surface area contributed by atoms with Crippen LogP contribution in [0.4, 0.5) is 6.01 Å². The van der Waals surface area contributed by atoms with Crippen molar-refractivity contribution < 1.29 is 4.42 Å². The number of rotatable bonds is 5. The highest BCUT2D eigenvalue weighted by atomic mass is 32.1. The fourth-order valence-electron chi connectivity index (χ4n) is 1.12. The molecule has 2 rings (SSSR count). The molecular formula is C9H12N4OS. The van der Waals surface area contributed by atoms with Gasteiger partial charge in [-0.25, -0.2) is 0 Å². The van der Waals surface area contributed by atoms with Crippen molar-refractivity contribution in [2.75, 3.05) is 12.4 Å². The molecule has 0 unspecified atom stereocenters. The maximum Gasteiger partial charge on any atom is 0.315 e. The quantitative estimate of drug-likeness (QED) is 0.805. The molecule has 15 heavy (non-hydrogen) atoms. The summed E-state index contributed by atoms with van der Waals surface area (Å²) in [6, 6.07) is 4.54. The van der Waals surface area contributed by atoms with Gasteiger partial charge < -0.3 is 15.1 Å². The molecule has 2 aromatic heterocycles. The van der Waals surface area contributed by atoms with Crippen molar-refractivity contribution in [2.24, 2.45) is 0 Å². The zero-order valence-corrected chi connectivity index (χ0v) is 9.17. The first-order valence-corrected chi connectivity index (χ1v) is 5.49. The summed E-state index contributed by atoms with van der Waals surface area (Å²) in [5, 5.41) is 15.8. The second kappa shape index (κ2) is 4.90. The third-order valence-electron chi connectivity index (χ3n) is 1.79. The summed E-state index contributed by atoms with van der Waals surface area (Å²) in [6.45, 7) is 1.31. The Morgan fingerprint density at radius 2 is 2.33 bits per heavy atom. The van der Waals surface area contributed by atoms with Crippen LogP contribution in [0.1, 0.15) is 10.8 Å². The van der Waals surface area contributed by atoms with Crippen molar-refractivity contribution in [3.05, 3.63) is 28.3 Å². The van der Waals surface area contributed by atoms with Crippen molar-refractivity contribution in [2.45, 2.75) is 13.1 Å². The summed E-state index contributed by atoms with van der Waals surface area (Å²) in [7, 11) is 1.84. The van der Waals surface area contributed by atoms with Gasteiger partial charge in [-0.2, -0.15) is 0 Å². The SMILES string of the molecule is CNCc1nnc(NCc2cccs2)o1. The van der Waals surface area contributed by atoms with E-state index in [1.165, 1.54) is 4.88 Å². The van der Waals surface area contributed by atoms with E-state index in [-0.39, 0.29) is 0 Å². The van der Waals surface area contributed by atoms with E-state index < -0.39 is 0 Å². The molecule has 0 atom stereocenters. The predicted molar refractivity (Wildman–Crippen MR) is 58.7 cm³/mol. The van der Waals surface area contributed by atoms with Crippen LogP contribution in [0.2, 0.25) is 0 Å². The van der Waals surface area contributed by atoms with Gasteiger partial charge in [-0.15, -0.1) is 16.4 Å². The lowest BCUT2D eigenvalue weighted by Crippen LogP contribution is -2.04. The van der Waals surface area contributed by atoms with E-state index in [0.29, 0.717) is 18.5 Å². The predicted octanol–water partition coefficient (Wildman–Crippen LogP) is 1.46. The zero-order chi connectivity index (χ0) is 10.5. The number of hydrogen-bond donors (Lipinski definition) is 2. The molecule has 0 aliphatic rings. The first kappa shape index (κ1) is 10.1. The first-order valence-electron chi connectivity index (χ1n) is 4.61. The molecule has 0 radical (unpaired) electrons. The van der Waals surface area contributed by atoms with E-state index >= 15 is 0 Å². The summed E-state index contributed by atoms with van der Waals surface area (Å²) in [5.74, 6) is 0.589. The molecule has 0 aliphatic carbocycles. The topological polar surface area (TPSA) is 63.0 Å². The van der Waals surface area contributed by atoms with Crippen LogP contribution in [0.25, 0.3) is 0 Å². The molecule has 0 spiro atoms. The van der Waals surface area contributed by atoms with Gasteiger partial charge in [-0.3, -0.25) is 0 Å². The number of aromatic nitrogens is 2. The van der Waals surface area contributed by atoms with E-state index in [0.717, 1.165) is 6.54 Å². The largest absolute Gasteiger partial charge is 0.407 e. The van der Waals surface area contributed by atoms with Crippen LogP contribution in [0.3, 0.4) is 0 Å². The standard InChI is InChI=1S/C9H12N4OS/c1-10-6-8-12-13-9(14-8)11-5-7-3-2-4-15-7/h2-4,10H,5-6H2,1H3,(H,11,13). The van der Waals surface area contributed by atoms with Crippen LogP contribution in [-0.2, 0) is 13.1 Å². The highest BCUT2D eigenvalue weighted by molar-refractivity contribution is 7.09. The molecule has 2 heterocycles. The van der Waals surface area contributed by atoms with Gasteiger partial charge in [0.1, 0.15) is 0 Å². The lowest BCUT2D eigenvalue weighted by molar-refractivity contribution is 0.489. The molecule has 0 saturated heterocycles. The minimum absolute atomic E-state index is 0.466. The molecule has 0 saturated carbocycles. The third-order valence-corrected chi connectivity index (χ3v) is 2.67. The van der Waals surface area contributed by atoms with Crippen molar-refractivity contribution in [3.8, 4) is 0 Å². The number of thiophene rings is 1.